The lowest BCUT2D eigenvalue weighted by atomic mass is 9.97. The number of hydrogen-bond donors (Lipinski definition) is 1. The Labute approximate surface area is 190 Å². The highest BCUT2D eigenvalue weighted by Gasteiger charge is 2.41. The first-order valence-electron chi connectivity index (χ1n) is 10.9. The zero-order valence-electron chi connectivity index (χ0n) is 18.6. The van der Waals surface area contributed by atoms with Crippen LogP contribution in [-0.2, 0) is 33.2 Å². The molecule has 3 amide bonds. The molecule has 32 heavy (non-hydrogen) atoms. The Morgan fingerprint density at radius 2 is 1.94 bits per heavy atom. The zero-order valence-corrected chi connectivity index (χ0v) is 17.4. The van der Waals surface area contributed by atoms with Crippen molar-refractivity contribution in [3.05, 3.63) is 69.7 Å². The summed E-state index contributed by atoms with van der Waals surface area (Å²) in [7, 11) is 0. The summed E-state index contributed by atoms with van der Waals surface area (Å²) < 4.78 is 45.2. The lowest BCUT2D eigenvalue weighted by Crippen LogP contribution is -2.52. The van der Waals surface area contributed by atoms with Gasteiger partial charge >= 0.3 is 5.92 Å². The van der Waals surface area contributed by atoms with E-state index in [9.17, 15) is 28.0 Å². The molecule has 0 saturated carbocycles. The van der Waals surface area contributed by atoms with Crippen LogP contribution in [0.25, 0.3) is 0 Å². The Morgan fingerprint density at radius 1 is 1.22 bits per heavy atom. The molecule has 9 heteroatoms. The average molecular weight is 463 g/mol. The van der Waals surface area contributed by atoms with Crippen LogP contribution in [0.3, 0.4) is 0 Å². The number of benzene rings is 2. The van der Waals surface area contributed by atoms with Gasteiger partial charge in [-0.3, -0.25) is 24.5 Å². The van der Waals surface area contributed by atoms with Crippen LogP contribution in [0, 0.1) is 0 Å². The van der Waals surface area contributed by atoms with E-state index in [-0.39, 0.29) is 29.1 Å². The van der Waals surface area contributed by atoms with Gasteiger partial charge in [-0.2, -0.15) is 8.78 Å². The van der Waals surface area contributed by atoms with Gasteiger partial charge in [0.05, 0.1) is 0 Å². The molecule has 3 unspecified atom stereocenters. The van der Waals surface area contributed by atoms with Crippen molar-refractivity contribution in [2.75, 3.05) is 0 Å². The van der Waals surface area contributed by atoms with E-state index in [0.717, 1.165) is 12.1 Å². The number of carbonyl (C=O) groups excluding carboxylic acids is 4. The van der Waals surface area contributed by atoms with Gasteiger partial charge < -0.3 is 4.90 Å². The second kappa shape index (κ2) is 8.43. The number of nitrogens with zero attached hydrogens (tertiary/aromatic N) is 1. The van der Waals surface area contributed by atoms with E-state index in [4.69, 9.17) is 14.3 Å². The maximum atomic E-state index is 14.6. The van der Waals surface area contributed by atoms with Crippen molar-refractivity contribution < 1.29 is 30.7 Å². The summed E-state index contributed by atoms with van der Waals surface area (Å²) in [6, 6.07) is 7.98. The van der Waals surface area contributed by atoms with Crippen LogP contribution in [0.4, 0.5) is 8.78 Å². The molecule has 2 heterocycles. The second-order valence-electron chi connectivity index (χ2n) is 7.57. The molecule has 4 rings (SSSR count). The predicted octanol–water partition coefficient (Wildman–Crippen LogP) is 3.39. The minimum atomic E-state index is -3.79. The smallest absolute Gasteiger partial charge is 0.322 e. The summed E-state index contributed by atoms with van der Waals surface area (Å²) in [5, 5.41) is 2.33. The number of alkyl halides is 2. The Hall–Kier alpha value is -3.13. The van der Waals surface area contributed by atoms with E-state index < -0.39 is 60.2 Å². The quantitative estimate of drug-likeness (QED) is 0.667. The Morgan fingerprint density at radius 3 is 2.66 bits per heavy atom. The molecule has 0 aromatic heterocycles. The number of hydrogen-bond acceptors (Lipinski definition) is 4. The van der Waals surface area contributed by atoms with Gasteiger partial charge in [0, 0.05) is 38.3 Å². The fourth-order valence-corrected chi connectivity index (χ4v) is 3.88. The highest BCUT2D eigenvalue weighted by Crippen LogP contribution is 2.32. The van der Waals surface area contributed by atoms with Gasteiger partial charge in [-0.1, -0.05) is 35.9 Å². The van der Waals surface area contributed by atoms with Crippen LogP contribution in [0.15, 0.2) is 42.5 Å². The van der Waals surface area contributed by atoms with Crippen molar-refractivity contribution in [2.24, 2.45) is 0 Å². The molecule has 2 aromatic rings. The third-order valence-corrected chi connectivity index (χ3v) is 5.75. The van der Waals surface area contributed by atoms with Crippen molar-refractivity contribution >= 4 is 35.1 Å². The molecule has 0 radical (unpaired) electrons. The number of piperidine rings is 1. The highest BCUT2D eigenvalue weighted by molar-refractivity contribution is 6.30. The summed E-state index contributed by atoms with van der Waals surface area (Å²) in [6.45, 7) is 0.00258. The van der Waals surface area contributed by atoms with Crippen molar-refractivity contribution in [2.45, 2.75) is 44.1 Å². The highest BCUT2D eigenvalue weighted by atomic mass is 35.5. The average Bonchev–Trinajstić information content (AvgIpc) is 3.12. The molecule has 166 valence electrons. The third kappa shape index (κ3) is 4.14. The van der Waals surface area contributed by atoms with Crippen molar-refractivity contribution in [3.8, 4) is 0 Å². The third-order valence-electron chi connectivity index (χ3n) is 5.49. The molecule has 6 nitrogen and oxygen atoms in total. The van der Waals surface area contributed by atoms with Gasteiger partial charge in [-0.05, 0) is 42.1 Å². The molecular formula is C23H19ClF2N2O4. The van der Waals surface area contributed by atoms with E-state index >= 15 is 0 Å². The van der Waals surface area contributed by atoms with Crippen LogP contribution in [0.1, 0.15) is 49.0 Å². The first-order valence-corrected chi connectivity index (χ1v) is 10.2. The summed E-state index contributed by atoms with van der Waals surface area (Å²) >= 11 is 5.71. The van der Waals surface area contributed by atoms with E-state index in [1.165, 1.54) is 35.2 Å². The molecule has 3 atom stereocenters. The van der Waals surface area contributed by atoms with E-state index in [1.54, 1.807) is 0 Å². The number of aryl methyl sites for hydroxylation is 1. The molecule has 2 aliphatic heterocycles. The minimum Gasteiger partial charge on any atom is -0.322 e. The van der Waals surface area contributed by atoms with Crippen molar-refractivity contribution in [3.63, 3.8) is 0 Å². The number of ketones is 1. The lowest BCUT2D eigenvalue weighted by molar-refractivity contribution is -0.144. The number of imide groups is 1. The summed E-state index contributed by atoms with van der Waals surface area (Å²) in [4.78, 5) is 50.1. The number of Topliss-reactive ketones (excluding diaryl/α,β-unsaturated/α-hetero) is 1. The van der Waals surface area contributed by atoms with Gasteiger partial charge in [0.25, 0.3) is 5.91 Å². The number of halogens is 3. The predicted molar refractivity (Wildman–Crippen MR) is 111 cm³/mol. The fourth-order valence-electron chi connectivity index (χ4n) is 3.75. The maximum Gasteiger partial charge on any atom is 0.330 e. The molecule has 2 aliphatic rings. The van der Waals surface area contributed by atoms with E-state index in [0.29, 0.717) is 5.56 Å². The molecular weight excluding hydrogens is 442 g/mol. The summed E-state index contributed by atoms with van der Waals surface area (Å²) in [5.41, 5.74) is 0.513. The summed E-state index contributed by atoms with van der Waals surface area (Å²) in [5.74, 6) is -7.05. The first-order chi connectivity index (χ1) is 16.0. The van der Waals surface area contributed by atoms with Gasteiger partial charge in [0.1, 0.15) is 6.04 Å². The molecule has 1 saturated heterocycles. The number of amides is 3. The largest absolute Gasteiger partial charge is 0.330 e. The Bertz CT molecular complexity index is 1190. The van der Waals surface area contributed by atoms with Crippen LogP contribution < -0.4 is 5.32 Å². The van der Waals surface area contributed by atoms with Crippen molar-refractivity contribution in [1.29, 1.82) is 0 Å². The number of fused-ring (bicyclic) bond motifs is 1. The molecule has 1 fully saturated rings. The van der Waals surface area contributed by atoms with Crippen molar-refractivity contribution in [1.82, 2.24) is 10.2 Å². The number of rotatable bonds is 6. The Kier molecular flexibility index (Phi) is 5.15. The van der Waals surface area contributed by atoms with E-state index in [2.05, 4.69) is 5.32 Å². The van der Waals surface area contributed by atoms with E-state index in [1.807, 2.05) is 0 Å². The Balaban J connectivity index is 1.49. The molecule has 0 spiro atoms. The lowest BCUT2D eigenvalue weighted by Gasteiger charge is -2.29. The molecule has 1 N–H and O–H groups in total. The van der Waals surface area contributed by atoms with Gasteiger partial charge in [0.15, 0.2) is 0 Å². The van der Waals surface area contributed by atoms with Crippen LogP contribution in [0.2, 0.25) is 5.02 Å². The van der Waals surface area contributed by atoms with Crippen LogP contribution in [0.5, 0.6) is 0 Å². The fraction of sp³-hybridized carbons (Fsp3) is 0.304. The monoisotopic (exact) mass is 462 g/mol. The summed E-state index contributed by atoms with van der Waals surface area (Å²) in [6.07, 6.45) is -3.36. The SMILES string of the molecule is [2H]C1CC(N2Cc3cc(C([2H])CC(=O)C(F)(F)c4ccc(Cl)cc4)ccc3C2=O)C(=O)NC1=O. The number of carbonyl (C=O) groups is 4. The van der Waals surface area contributed by atoms with Gasteiger partial charge in [-0.15, -0.1) is 0 Å². The van der Waals surface area contributed by atoms with Crippen LogP contribution in [-0.4, -0.2) is 34.4 Å². The topological polar surface area (TPSA) is 83.6 Å². The van der Waals surface area contributed by atoms with Gasteiger partial charge in [0.2, 0.25) is 17.6 Å². The zero-order chi connectivity index (χ0) is 24.8. The molecule has 2 aromatic carbocycles. The minimum absolute atomic E-state index is 0.00258. The van der Waals surface area contributed by atoms with Gasteiger partial charge in [-0.25, -0.2) is 0 Å². The van der Waals surface area contributed by atoms with Crippen LogP contribution >= 0.6 is 11.6 Å². The number of nitrogens with one attached hydrogen (secondary N) is 1. The molecule has 0 bridgehead atoms. The normalized spacial score (nSPS) is 22.7. The maximum absolute atomic E-state index is 14.6. The second-order valence-corrected chi connectivity index (χ2v) is 8.01. The first kappa shape index (κ1) is 19.5. The standard InChI is InChI=1S/C23H19ClF2N2O4/c24-16-5-3-15(4-6-16)23(25,26)19(29)9-2-13-1-7-17-14(11-13)12-28(22(17)32)18-8-10-20(30)27-21(18)31/h1,3-7,11,18H,2,8-10,12H2,(H,27,30,31)/i2D,10D. The molecule has 0 aliphatic carbocycles.